The van der Waals surface area contributed by atoms with E-state index >= 15 is 0 Å². The third-order valence-electron chi connectivity index (χ3n) is 2.86. The second-order valence-corrected chi connectivity index (χ2v) is 4.49. The van der Waals surface area contributed by atoms with E-state index in [1.54, 1.807) is 25.3 Å². The van der Waals surface area contributed by atoms with Crippen LogP contribution in [0.15, 0.2) is 24.8 Å². The first kappa shape index (κ1) is 16.2. The maximum absolute atomic E-state index is 11.2. The summed E-state index contributed by atoms with van der Waals surface area (Å²) in [7, 11) is 1.63. The number of aromatic carboxylic acids is 1. The summed E-state index contributed by atoms with van der Waals surface area (Å²) in [6, 6.07) is 3.23. The molecular weight excluding hydrogens is 256 g/mol. The summed E-state index contributed by atoms with van der Waals surface area (Å²) in [4.78, 5) is 17.7. The molecule has 1 aromatic heterocycles. The van der Waals surface area contributed by atoms with Crippen molar-refractivity contribution < 1.29 is 14.6 Å². The Morgan fingerprint density at radius 2 is 2.30 bits per heavy atom. The van der Waals surface area contributed by atoms with Crippen LogP contribution in [0.3, 0.4) is 0 Å². The highest BCUT2D eigenvalue weighted by atomic mass is 16.5. The second-order valence-electron chi connectivity index (χ2n) is 4.49. The van der Waals surface area contributed by atoms with E-state index in [1.807, 2.05) is 11.8 Å². The van der Waals surface area contributed by atoms with Crippen LogP contribution in [0.5, 0.6) is 0 Å². The van der Waals surface area contributed by atoms with Gasteiger partial charge < -0.3 is 14.7 Å². The Labute approximate surface area is 119 Å². The molecular formula is C15H22N2O3. The summed E-state index contributed by atoms with van der Waals surface area (Å²) in [6.45, 7) is 7.56. The van der Waals surface area contributed by atoms with Gasteiger partial charge in [-0.1, -0.05) is 19.4 Å². The monoisotopic (exact) mass is 278 g/mol. The average molecular weight is 278 g/mol. The highest BCUT2D eigenvalue weighted by Gasteiger charge is 2.12. The molecule has 0 aliphatic rings. The van der Waals surface area contributed by atoms with Gasteiger partial charge in [-0.15, -0.1) is 6.58 Å². The molecule has 5 nitrogen and oxygen atoms in total. The van der Waals surface area contributed by atoms with E-state index in [1.165, 1.54) is 0 Å². The molecule has 5 heteroatoms. The lowest BCUT2D eigenvalue weighted by atomic mass is 10.1. The predicted molar refractivity (Wildman–Crippen MR) is 79.5 cm³/mol. The number of carbonyl (C=O) groups is 1. The van der Waals surface area contributed by atoms with Gasteiger partial charge in [0.05, 0.1) is 12.2 Å². The molecule has 0 amide bonds. The SMILES string of the molecule is C=CCN(CCOC)c1cc(C(=O)O)cc(CCC)n1. The van der Waals surface area contributed by atoms with Gasteiger partial charge >= 0.3 is 5.97 Å². The molecule has 0 fully saturated rings. The Bertz CT molecular complexity index is 460. The first-order chi connectivity index (χ1) is 9.62. The fourth-order valence-corrected chi connectivity index (χ4v) is 1.90. The number of rotatable bonds is 9. The molecule has 0 spiro atoms. The first-order valence-electron chi connectivity index (χ1n) is 6.71. The van der Waals surface area contributed by atoms with Crippen LogP contribution in [-0.2, 0) is 11.2 Å². The number of carboxylic acids is 1. The normalized spacial score (nSPS) is 10.3. The third kappa shape index (κ3) is 4.66. The number of ether oxygens (including phenoxy) is 1. The number of aryl methyl sites for hydroxylation is 1. The minimum absolute atomic E-state index is 0.268. The fraction of sp³-hybridized carbons (Fsp3) is 0.467. The number of hydrogen-bond acceptors (Lipinski definition) is 4. The largest absolute Gasteiger partial charge is 0.478 e. The van der Waals surface area contributed by atoms with Crippen LogP contribution in [0.4, 0.5) is 5.82 Å². The Kier molecular flexibility index (Phi) is 6.73. The molecule has 0 unspecified atom stereocenters. The summed E-state index contributed by atoms with van der Waals surface area (Å²) in [5.74, 6) is -0.276. The van der Waals surface area contributed by atoms with E-state index < -0.39 is 5.97 Å². The average Bonchev–Trinajstić information content (AvgIpc) is 2.43. The van der Waals surface area contributed by atoms with Crippen molar-refractivity contribution in [2.45, 2.75) is 19.8 Å². The molecule has 0 aliphatic heterocycles. The van der Waals surface area contributed by atoms with Crippen molar-refractivity contribution in [3.8, 4) is 0 Å². The van der Waals surface area contributed by atoms with Gasteiger partial charge in [0.2, 0.25) is 0 Å². The first-order valence-corrected chi connectivity index (χ1v) is 6.71. The lowest BCUT2D eigenvalue weighted by Gasteiger charge is -2.22. The maximum Gasteiger partial charge on any atom is 0.335 e. The van der Waals surface area contributed by atoms with Crippen LogP contribution in [0, 0.1) is 0 Å². The summed E-state index contributed by atoms with van der Waals surface area (Å²) < 4.78 is 5.08. The highest BCUT2D eigenvalue weighted by Crippen LogP contribution is 2.16. The van der Waals surface area contributed by atoms with E-state index in [0.717, 1.165) is 18.5 Å². The molecule has 1 N–H and O–H groups in total. The fourth-order valence-electron chi connectivity index (χ4n) is 1.90. The third-order valence-corrected chi connectivity index (χ3v) is 2.86. The van der Waals surface area contributed by atoms with E-state index in [9.17, 15) is 9.90 Å². The number of methoxy groups -OCH3 is 1. The second kappa shape index (κ2) is 8.32. The lowest BCUT2D eigenvalue weighted by Crippen LogP contribution is -2.28. The molecule has 0 aliphatic carbocycles. The van der Waals surface area contributed by atoms with Gasteiger partial charge in [-0.05, 0) is 18.6 Å². The van der Waals surface area contributed by atoms with Gasteiger partial charge in [0.25, 0.3) is 0 Å². The summed E-state index contributed by atoms with van der Waals surface area (Å²) in [5, 5.41) is 9.20. The zero-order valence-corrected chi connectivity index (χ0v) is 12.1. The molecule has 0 radical (unpaired) electrons. The van der Waals surface area contributed by atoms with Crippen molar-refractivity contribution in [1.29, 1.82) is 0 Å². The van der Waals surface area contributed by atoms with Crippen LogP contribution in [0.1, 0.15) is 29.4 Å². The van der Waals surface area contributed by atoms with Crippen molar-refractivity contribution in [2.75, 3.05) is 31.7 Å². The van der Waals surface area contributed by atoms with Gasteiger partial charge in [-0.2, -0.15) is 0 Å². The Morgan fingerprint density at radius 1 is 1.55 bits per heavy atom. The van der Waals surface area contributed by atoms with Gasteiger partial charge in [0.1, 0.15) is 5.82 Å². The molecule has 1 heterocycles. The van der Waals surface area contributed by atoms with Gasteiger partial charge in [-0.3, -0.25) is 0 Å². The Morgan fingerprint density at radius 3 is 2.85 bits per heavy atom. The summed E-state index contributed by atoms with van der Waals surface area (Å²) in [5.41, 5.74) is 1.07. The smallest absolute Gasteiger partial charge is 0.335 e. The number of anilines is 1. The molecule has 0 atom stereocenters. The Hall–Kier alpha value is -1.88. The van der Waals surface area contributed by atoms with Crippen LogP contribution in [-0.4, -0.2) is 42.9 Å². The van der Waals surface area contributed by atoms with E-state index in [0.29, 0.717) is 25.5 Å². The van der Waals surface area contributed by atoms with E-state index in [2.05, 4.69) is 11.6 Å². The maximum atomic E-state index is 11.2. The molecule has 0 saturated heterocycles. The molecule has 1 rings (SSSR count). The van der Waals surface area contributed by atoms with Crippen molar-refractivity contribution in [2.24, 2.45) is 0 Å². The zero-order chi connectivity index (χ0) is 15.0. The van der Waals surface area contributed by atoms with Crippen LogP contribution in [0.2, 0.25) is 0 Å². The molecule has 110 valence electrons. The Balaban J connectivity index is 3.10. The van der Waals surface area contributed by atoms with Gasteiger partial charge in [0.15, 0.2) is 0 Å². The molecule has 0 bridgehead atoms. The number of nitrogens with zero attached hydrogens (tertiary/aromatic N) is 2. The van der Waals surface area contributed by atoms with E-state index in [-0.39, 0.29) is 5.56 Å². The zero-order valence-electron chi connectivity index (χ0n) is 12.1. The number of aromatic nitrogens is 1. The van der Waals surface area contributed by atoms with E-state index in [4.69, 9.17) is 4.74 Å². The molecule has 0 saturated carbocycles. The summed E-state index contributed by atoms with van der Waals surface area (Å²) >= 11 is 0. The van der Waals surface area contributed by atoms with Crippen LogP contribution < -0.4 is 4.90 Å². The minimum atomic E-state index is -0.934. The molecule has 0 aromatic carbocycles. The predicted octanol–water partition coefficient (Wildman–Crippen LogP) is 2.37. The lowest BCUT2D eigenvalue weighted by molar-refractivity contribution is 0.0696. The molecule has 20 heavy (non-hydrogen) atoms. The molecule has 1 aromatic rings. The standard InChI is InChI=1S/C15H22N2O3/c1-4-6-13-10-12(15(18)19)11-14(16-13)17(7-5-2)8-9-20-3/h5,10-11H,2,4,6-9H2,1,3H3,(H,18,19). The number of hydrogen-bond donors (Lipinski definition) is 1. The van der Waals surface area contributed by atoms with Crippen LogP contribution >= 0.6 is 0 Å². The van der Waals surface area contributed by atoms with Crippen molar-refractivity contribution in [1.82, 2.24) is 4.98 Å². The summed E-state index contributed by atoms with van der Waals surface area (Å²) in [6.07, 6.45) is 3.46. The highest BCUT2D eigenvalue weighted by molar-refractivity contribution is 5.88. The number of pyridine rings is 1. The topological polar surface area (TPSA) is 62.7 Å². The van der Waals surface area contributed by atoms with Crippen LogP contribution in [0.25, 0.3) is 0 Å². The van der Waals surface area contributed by atoms with Crippen molar-refractivity contribution in [3.63, 3.8) is 0 Å². The van der Waals surface area contributed by atoms with Crippen molar-refractivity contribution in [3.05, 3.63) is 36.0 Å². The van der Waals surface area contributed by atoms with Gasteiger partial charge in [0, 0.05) is 25.9 Å². The quantitative estimate of drug-likeness (QED) is 0.703. The van der Waals surface area contributed by atoms with Gasteiger partial charge in [-0.25, -0.2) is 9.78 Å². The number of carboxylic acid groups (broad SMARTS) is 1. The minimum Gasteiger partial charge on any atom is -0.478 e. The van der Waals surface area contributed by atoms with Crippen molar-refractivity contribution >= 4 is 11.8 Å².